The summed E-state index contributed by atoms with van der Waals surface area (Å²) in [6, 6.07) is 7.55. The molecule has 11 bridgehead atoms. The smallest absolute Gasteiger partial charge is 0.339 e. The van der Waals surface area contributed by atoms with Crippen molar-refractivity contribution in [3.8, 4) is 11.8 Å². The van der Waals surface area contributed by atoms with E-state index in [1.165, 1.54) is 160 Å². The zero-order valence-corrected chi connectivity index (χ0v) is 51.4. The summed E-state index contributed by atoms with van der Waals surface area (Å²) in [4.78, 5) is 39.2. The zero-order valence-electron chi connectivity index (χ0n) is 51.4. The molecule has 450 valence electrons. The third-order valence-electron chi connectivity index (χ3n) is 32.3. The van der Waals surface area contributed by atoms with E-state index < -0.39 is 16.4 Å². The summed E-state index contributed by atoms with van der Waals surface area (Å²) in [6.07, 6.45) is 43.3. The predicted octanol–water partition coefficient (Wildman–Crippen LogP) is 15.0. The van der Waals surface area contributed by atoms with Crippen molar-refractivity contribution < 1.29 is 24.2 Å². The Labute approximate surface area is 507 Å². The summed E-state index contributed by atoms with van der Waals surface area (Å²) in [5, 5.41) is 14.5. The third kappa shape index (κ3) is 5.99. The van der Waals surface area contributed by atoms with Gasteiger partial charge in [-0.05, 0) is 252 Å². The number of carbonyl (C=O) groups excluding carboxylic acids is 2. The molecule has 20 rings (SSSR count). The molecule has 8 nitrogen and oxygen atoms in total. The molecule has 0 unspecified atom stereocenters. The fraction of sp³-hybridized carbons (Fsp3) is 0.766. The van der Waals surface area contributed by atoms with Gasteiger partial charge in [-0.1, -0.05) is 93.7 Å². The van der Waals surface area contributed by atoms with Gasteiger partial charge in [0.25, 0.3) is 0 Å². The number of nitrogens with zero attached hydrogens (tertiary/aromatic N) is 2. The Morgan fingerprint density at radius 2 is 1.62 bits per heavy atom. The second-order valence-corrected chi connectivity index (χ2v) is 34.2. The van der Waals surface area contributed by atoms with Gasteiger partial charge >= 0.3 is 11.9 Å². The van der Waals surface area contributed by atoms with Gasteiger partial charge in [-0.15, -0.1) is 5.92 Å². The van der Waals surface area contributed by atoms with E-state index in [1.54, 1.807) is 16.8 Å². The maximum Gasteiger partial charge on any atom is 0.339 e. The van der Waals surface area contributed by atoms with Crippen LogP contribution in [0.5, 0.6) is 0 Å². The van der Waals surface area contributed by atoms with Crippen molar-refractivity contribution in [2.24, 2.45) is 115 Å². The number of allylic oxidation sites excluding steroid dienone is 4. The van der Waals surface area contributed by atoms with E-state index in [1.807, 2.05) is 0 Å². The number of benzene rings is 1. The van der Waals surface area contributed by atoms with Crippen LogP contribution in [0, 0.1) is 121 Å². The van der Waals surface area contributed by atoms with Crippen LogP contribution in [-0.4, -0.2) is 64.6 Å². The number of carbonyl (C=O) groups is 2. The Balaban J connectivity index is 0.855. The SMILES string of the molecule is C[C@H]1CC2=C3[C@H]4C5=C6[C@@H](/C=C\[C@@H]([C@H]7CCCC8(CCCC8)C7)C[C@H]7[C@]68C(=O)O/C(=C(/O)C[C@@H]6[C@H]9CC%10(CCCC%10)[C@]%10(CCC[C@@]%10%11CCC[C@@H]%11C#CC[C@H]%10[C@@H]%11CN3[C@H]3[C@H](CC[C@@H]%11[C@H]3CN6%10)C2)C9)[C@@]8(CC5)[C@]72OC(=O)c3c(CCCN)cccc32)C[C@@H]41. The van der Waals surface area contributed by atoms with E-state index in [9.17, 15) is 5.11 Å². The molecule has 3 saturated heterocycles. The Morgan fingerprint density at radius 3 is 2.51 bits per heavy atom. The fourth-order valence-electron chi connectivity index (χ4n) is 30.2. The topological polar surface area (TPSA) is 105 Å². The number of piperidine rings is 2. The molecule has 85 heavy (non-hydrogen) atoms. The van der Waals surface area contributed by atoms with Crippen molar-refractivity contribution in [1.82, 2.24) is 9.80 Å². The lowest BCUT2D eigenvalue weighted by molar-refractivity contribution is -0.282. The molecule has 7 aliphatic heterocycles. The number of hydrogen-bond acceptors (Lipinski definition) is 8. The number of fused-ring (bicyclic) bond motifs is 7. The van der Waals surface area contributed by atoms with E-state index >= 15 is 9.59 Å². The standard InChI is InChI=1S/C77H97N3O5/c1-44-34-50-35-48-21-22-53-56-42-80-66(48)57(53)43-79-59(56)18-7-15-52-16-9-29-73(52)30-11-31-74(73)41-51(40-72(74)27-4-5-28-72)60(79)38-61(81)68-75-32-23-54-64(67(50)80)55(44)36-47-20-19-46(49-13-8-26-71(39-49)24-2-3-25-71)37-62(76(75,65(47)54)70(83)84-68)77(75)58-17-6-12-45(14-10-33-78)63(58)69(82)85-77/h6,12,17,19-20,44,46-49,51-53,55-57,59-60,62,64,66,81H,2-5,8-11,13-14,16,18,21-43,78H2,1H3/b20-19-,68-61+/t44-,46+,47-,48+,49-,51-,52-,53-,55+,56+,57+,59-,60+,62-,64-,66-,73+,74-,75+,76+,77+/m0/s1. The minimum absolute atomic E-state index is 0.0875. The van der Waals surface area contributed by atoms with E-state index in [2.05, 4.69) is 58.9 Å². The largest absolute Gasteiger partial charge is 0.509 e. The second-order valence-electron chi connectivity index (χ2n) is 34.2. The Hall–Kier alpha value is -3.80. The maximum atomic E-state index is 17.2. The minimum atomic E-state index is -1.17. The zero-order chi connectivity index (χ0) is 56.4. The average molecular weight is 1140 g/mol. The van der Waals surface area contributed by atoms with E-state index in [0.717, 1.165) is 56.3 Å². The molecule has 0 amide bonds. The summed E-state index contributed by atoms with van der Waals surface area (Å²) >= 11 is 0. The molecule has 8 heteroatoms. The van der Waals surface area contributed by atoms with Crippen molar-refractivity contribution in [1.29, 1.82) is 0 Å². The van der Waals surface area contributed by atoms with Crippen LogP contribution in [0.2, 0.25) is 0 Å². The number of rotatable bonds is 4. The summed E-state index contributed by atoms with van der Waals surface area (Å²) in [6.45, 7) is 5.41. The van der Waals surface area contributed by atoms with Gasteiger partial charge in [0, 0.05) is 73.1 Å². The molecule has 0 radical (unpaired) electrons. The van der Waals surface area contributed by atoms with E-state index in [4.69, 9.17) is 15.2 Å². The van der Waals surface area contributed by atoms with Crippen LogP contribution in [0.4, 0.5) is 0 Å². The maximum absolute atomic E-state index is 17.2. The lowest BCUT2D eigenvalue weighted by Gasteiger charge is -2.73. The van der Waals surface area contributed by atoms with E-state index in [0.29, 0.717) is 124 Å². The number of hydrogen-bond donors (Lipinski definition) is 2. The van der Waals surface area contributed by atoms with Crippen molar-refractivity contribution in [2.45, 2.75) is 236 Å². The van der Waals surface area contributed by atoms with Gasteiger partial charge in [-0.25, -0.2) is 4.79 Å². The highest BCUT2D eigenvalue weighted by Gasteiger charge is 2.94. The summed E-state index contributed by atoms with van der Waals surface area (Å²) in [5.41, 5.74) is 13.4. The first-order valence-electron chi connectivity index (χ1n) is 36.4. The van der Waals surface area contributed by atoms with Crippen molar-refractivity contribution in [3.63, 3.8) is 0 Å². The van der Waals surface area contributed by atoms with Gasteiger partial charge in [-0.3, -0.25) is 9.69 Å². The van der Waals surface area contributed by atoms with Gasteiger partial charge in [-0.2, -0.15) is 0 Å². The number of esters is 2. The molecule has 7 spiro atoms. The van der Waals surface area contributed by atoms with E-state index in [-0.39, 0.29) is 47.1 Å². The van der Waals surface area contributed by atoms with Gasteiger partial charge < -0.3 is 25.2 Å². The first-order valence-corrected chi connectivity index (χ1v) is 36.4. The highest BCUT2D eigenvalue weighted by Crippen LogP contribution is 2.89. The molecule has 1 aromatic carbocycles. The number of aryl methyl sites for hydroxylation is 1. The van der Waals surface area contributed by atoms with Crippen LogP contribution < -0.4 is 5.73 Å². The molecular formula is C77H97N3O5. The molecule has 11 fully saturated rings. The summed E-state index contributed by atoms with van der Waals surface area (Å²) in [5.74, 6) is 14.3. The Morgan fingerprint density at radius 1 is 0.776 bits per heavy atom. The molecule has 0 aromatic heterocycles. The molecule has 21 atom stereocenters. The summed E-state index contributed by atoms with van der Waals surface area (Å²) in [7, 11) is 0. The molecular weight excluding hydrogens is 1050 g/mol. The highest BCUT2D eigenvalue weighted by molar-refractivity contribution is 6.00. The first-order chi connectivity index (χ1) is 41.5. The minimum Gasteiger partial charge on any atom is -0.509 e. The van der Waals surface area contributed by atoms with Crippen molar-refractivity contribution in [2.75, 3.05) is 19.6 Å². The third-order valence-corrected chi connectivity index (χ3v) is 32.3. The van der Waals surface area contributed by atoms with Crippen LogP contribution in [0.3, 0.4) is 0 Å². The number of aliphatic hydroxyl groups excluding tert-OH is 1. The van der Waals surface area contributed by atoms with Crippen LogP contribution in [0.25, 0.3) is 0 Å². The predicted molar refractivity (Wildman–Crippen MR) is 327 cm³/mol. The lowest BCUT2D eigenvalue weighted by atomic mass is 9.27. The quantitative estimate of drug-likeness (QED) is 0.175. The molecule has 1 aromatic rings. The lowest BCUT2D eigenvalue weighted by Crippen LogP contribution is -2.78. The van der Waals surface area contributed by atoms with Crippen LogP contribution in [0.1, 0.15) is 227 Å². The molecule has 12 aliphatic carbocycles. The molecule has 8 saturated carbocycles. The van der Waals surface area contributed by atoms with Crippen molar-refractivity contribution >= 4 is 11.9 Å². The van der Waals surface area contributed by atoms with Gasteiger partial charge in [0.15, 0.2) is 11.4 Å². The van der Waals surface area contributed by atoms with Crippen LogP contribution >= 0.6 is 0 Å². The Bertz CT molecular complexity index is 3320. The number of nitrogens with two attached hydrogens (primary N) is 1. The highest BCUT2D eigenvalue weighted by atomic mass is 16.6. The van der Waals surface area contributed by atoms with Gasteiger partial charge in [0.2, 0.25) is 0 Å². The van der Waals surface area contributed by atoms with Crippen molar-refractivity contribution in [3.05, 3.63) is 81.0 Å². The van der Waals surface area contributed by atoms with Gasteiger partial charge in [0.05, 0.1) is 11.0 Å². The molecule has 7 heterocycles. The number of ether oxygens (including phenoxy) is 2. The molecule has 19 aliphatic rings. The Kier molecular flexibility index (Phi) is 10.8. The second kappa shape index (κ2) is 17.6. The van der Waals surface area contributed by atoms with Crippen LogP contribution in [0.15, 0.2) is 64.3 Å². The number of aliphatic hydroxyl groups is 1. The summed E-state index contributed by atoms with van der Waals surface area (Å²) < 4.78 is 15.2. The first kappa shape index (κ1) is 52.0. The normalized spacial score (nSPS) is 51.0. The fourth-order valence-corrected chi connectivity index (χ4v) is 30.2. The average Bonchev–Trinajstić information content (AvgIpc) is 1.54. The van der Waals surface area contributed by atoms with Gasteiger partial charge in [0.1, 0.15) is 11.2 Å². The molecule has 3 N–H and O–H groups in total. The van der Waals surface area contributed by atoms with Crippen LogP contribution in [-0.2, 0) is 26.3 Å². The monoisotopic (exact) mass is 1140 g/mol.